The van der Waals surface area contributed by atoms with Crippen LogP contribution in [-0.4, -0.2) is 55.8 Å². The van der Waals surface area contributed by atoms with Gasteiger partial charge in [0.15, 0.2) is 0 Å². The molecule has 1 aromatic rings. The van der Waals surface area contributed by atoms with E-state index in [2.05, 4.69) is 13.8 Å². The number of hydrogen-bond acceptors (Lipinski definition) is 4. The van der Waals surface area contributed by atoms with Crippen molar-refractivity contribution in [3.8, 4) is 5.75 Å². The number of piperidine rings is 1. The highest BCUT2D eigenvalue weighted by Gasteiger charge is 2.35. The number of hydrogen-bond donors (Lipinski definition) is 0. The lowest BCUT2D eigenvalue weighted by Gasteiger charge is -2.35. The lowest BCUT2D eigenvalue weighted by atomic mass is 9.94. The monoisotopic (exact) mass is 436 g/mol. The lowest BCUT2D eigenvalue weighted by Crippen LogP contribution is -2.44. The zero-order chi connectivity index (χ0) is 22.1. The summed E-state index contributed by atoms with van der Waals surface area (Å²) in [5.41, 5.74) is 0.410. The van der Waals surface area contributed by atoms with E-state index >= 15 is 0 Å². The summed E-state index contributed by atoms with van der Waals surface area (Å²) >= 11 is 0. The van der Waals surface area contributed by atoms with Gasteiger partial charge in [-0.2, -0.15) is 4.31 Å². The molecule has 0 N–H and O–H groups in total. The van der Waals surface area contributed by atoms with Gasteiger partial charge in [-0.15, -0.1) is 0 Å². The van der Waals surface area contributed by atoms with Gasteiger partial charge in [0.1, 0.15) is 10.6 Å². The van der Waals surface area contributed by atoms with Crippen molar-refractivity contribution < 1.29 is 17.9 Å². The Labute approximate surface area is 181 Å². The summed E-state index contributed by atoms with van der Waals surface area (Å²) in [5, 5.41) is 0. The van der Waals surface area contributed by atoms with Crippen LogP contribution in [0.3, 0.4) is 0 Å². The zero-order valence-electron chi connectivity index (χ0n) is 18.9. The second kappa shape index (κ2) is 9.27. The van der Waals surface area contributed by atoms with Gasteiger partial charge in [-0.05, 0) is 63.1 Å². The fourth-order valence-electron chi connectivity index (χ4n) is 5.11. The topological polar surface area (TPSA) is 66.9 Å². The third-order valence-electron chi connectivity index (χ3n) is 6.37. The van der Waals surface area contributed by atoms with Crippen molar-refractivity contribution in [2.75, 3.05) is 20.2 Å². The van der Waals surface area contributed by atoms with Gasteiger partial charge >= 0.3 is 0 Å². The van der Waals surface area contributed by atoms with E-state index in [1.165, 1.54) is 13.2 Å². The third kappa shape index (κ3) is 4.67. The van der Waals surface area contributed by atoms with Crippen LogP contribution in [0.4, 0.5) is 0 Å². The van der Waals surface area contributed by atoms with Crippen LogP contribution in [0.25, 0.3) is 0 Å². The van der Waals surface area contributed by atoms with Crippen LogP contribution in [0.2, 0.25) is 0 Å². The van der Waals surface area contributed by atoms with E-state index in [-0.39, 0.29) is 28.6 Å². The number of carbonyl (C=O) groups is 1. The molecular weight excluding hydrogens is 400 g/mol. The summed E-state index contributed by atoms with van der Waals surface area (Å²) in [5.74, 6) is 0.794. The van der Waals surface area contributed by atoms with E-state index in [0.717, 1.165) is 32.1 Å². The summed E-state index contributed by atoms with van der Waals surface area (Å²) in [6.07, 6.45) is 5.31. The van der Waals surface area contributed by atoms with Crippen molar-refractivity contribution in [3.63, 3.8) is 0 Å². The predicted molar refractivity (Wildman–Crippen MR) is 118 cm³/mol. The minimum absolute atomic E-state index is 0.0616. The molecule has 2 atom stereocenters. The maximum Gasteiger partial charge on any atom is 0.254 e. The minimum atomic E-state index is -3.75. The molecule has 30 heavy (non-hydrogen) atoms. The highest BCUT2D eigenvalue weighted by molar-refractivity contribution is 7.89. The molecule has 1 aliphatic carbocycles. The number of amides is 1. The maximum atomic E-state index is 13.5. The fourth-order valence-corrected chi connectivity index (χ4v) is 6.97. The van der Waals surface area contributed by atoms with Crippen LogP contribution in [0.15, 0.2) is 23.1 Å². The lowest BCUT2D eigenvalue weighted by molar-refractivity contribution is 0.0613. The van der Waals surface area contributed by atoms with E-state index in [0.29, 0.717) is 30.5 Å². The normalized spacial score (nSPS) is 23.7. The molecule has 7 heteroatoms. The smallest absolute Gasteiger partial charge is 0.254 e. The Balaban J connectivity index is 1.97. The Morgan fingerprint density at radius 3 is 2.27 bits per heavy atom. The Bertz CT molecular complexity index is 852. The zero-order valence-corrected chi connectivity index (χ0v) is 19.7. The van der Waals surface area contributed by atoms with Crippen molar-refractivity contribution in [2.45, 2.75) is 76.8 Å². The van der Waals surface area contributed by atoms with Crippen LogP contribution >= 0.6 is 0 Å². The predicted octanol–water partition coefficient (Wildman–Crippen LogP) is 4.16. The van der Waals surface area contributed by atoms with Crippen LogP contribution in [0, 0.1) is 11.8 Å². The average molecular weight is 437 g/mol. The maximum absolute atomic E-state index is 13.5. The second-order valence-corrected chi connectivity index (χ2v) is 11.3. The van der Waals surface area contributed by atoms with E-state index in [9.17, 15) is 13.2 Å². The van der Waals surface area contributed by atoms with E-state index < -0.39 is 10.0 Å². The average Bonchev–Trinajstić information content (AvgIpc) is 3.20. The molecule has 1 aliphatic heterocycles. The Hall–Kier alpha value is -1.60. The van der Waals surface area contributed by atoms with Gasteiger partial charge in [-0.1, -0.05) is 26.7 Å². The molecule has 1 aromatic carbocycles. The molecular formula is C23H36N2O4S. The van der Waals surface area contributed by atoms with E-state index in [1.54, 1.807) is 16.4 Å². The Morgan fingerprint density at radius 1 is 1.13 bits per heavy atom. The summed E-state index contributed by atoms with van der Waals surface area (Å²) < 4.78 is 34.0. The molecule has 0 bridgehead atoms. The first-order chi connectivity index (χ1) is 14.1. The molecule has 0 aromatic heterocycles. The molecule has 2 fully saturated rings. The number of rotatable bonds is 6. The van der Waals surface area contributed by atoms with Crippen LogP contribution < -0.4 is 4.74 Å². The van der Waals surface area contributed by atoms with Crippen molar-refractivity contribution in [1.29, 1.82) is 0 Å². The highest BCUT2D eigenvalue weighted by atomic mass is 32.2. The first-order valence-corrected chi connectivity index (χ1v) is 12.6. The van der Waals surface area contributed by atoms with Gasteiger partial charge in [0.25, 0.3) is 5.91 Å². The molecule has 0 radical (unpaired) electrons. The SMILES string of the molecule is COc1ccc(C(=O)N(C(C)C)C2CCCC2)cc1S(=O)(=O)N1CC(C)CC(C)C1. The van der Waals surface area contributed by atoms with Gasteiger partial charge in [-0.25, -0.2) is 8.42 Å². The molecule has 168 valence electrons. The summed E-state index contributed by atoms with van der Waals surface area (Å²) in [6, 6.07) is 5.11. The largest absolute Gasteiger partial charge is 0.495 e. The number of benzene rings is 1. The van der Waals surface area contributed by atoms with Gasteiger partial charge in [-0.3, -0.25) is 4.79 Å². The van der Waals surface area contributed by atoms with Crippen molar-refractivity contribution >= 4 is 15.9 Å². The van der Waals surface area contributed by atoms with Crippen molar-refractivity contribution in [3.05, 3.63) is 23.8 Å². The molecule has 1 saturated carbocycles. The Kier molecular flexibility index (Phi) is 7.13. The Morgan fingerprint density at radius 2 is 1.73 bits per heavy atom. The molecule has 1 amide bonds. The van der Waals surface area contributed by atoms with Crippen LogP contribution in [-0.2, 0) is 10.0 Å². The third-order valence-corrected chi connectivity index (χ3v) is 8.23. The van der Waals surface area contributed by atoms with Gasteiger partial charge < -0.3 is 9.64 Å². The minimum Gasteiger partial charge on any atom is -0.495 e. The molecule has 2 unspecified atom stereocenters. The number of carbonyl (C=O) groups excluding carboxylic acids is 1. The van der Waals surface area contributed by atoms with Crippen LogP contribution in [0.5, 0.6) is 5.75 Å². The summed E-state index contributed by atoms with van der Waals surface area (Å²) in [6.45, 7) is 9.19. The number of ether oxygens (including phenoxy) is 1. The van der Waals surface area contributed by atoms with E-state index in [1.807, 2.05) is 18.7 Å². The summed E-state index contributed by atoms with van der Waals surface area (Å²) in [7, 11) is -2.29. The molecule has 1 heterocycles. The fraction of sp³-hybridized carbons (Fsp3) is 0.696. The quantitative estimate of drug-likeness (QED) is 0.672. The van der Waals surface area contributed by atoms with Gasteiger partial charge in [0, 0.05) is 30.7 Å². The van der Waals surface area contributed by atoms with Gasteiger partial charge in [0.2, 0.25) is 10.0 Å². The van der Waals surface area contributed by atoms with Gasteiger partial charge in [0.05, 0.1) is 7.11 Å². The first-order valence-electron chi connectivity index (χ1n) is 11.2. The van der Waals surface area contributed by atoms with E-state index in [4.69, 9.17) is 4.74 Å². The van der Waals surface area contributed by atoms with Crippen molar-refractivity contribution in [1.82, 2.24) is 9.21 Å². The summed E-state index contributed by atoms with van der Waals surface area (Å²) in [4.78, 5) is 15.4. The number of nitrogens with zero attached hydrogens (tertiary/aromatic N) is 2. The molecule has 2 aliphatic rings. The number of methoxy groups -OCH3 is 1. The standard InChI is InChI=1S/C23H36N2O4S/c1-16(2)25(20-8-6-7-9-20)23(26)19-10-11-21(29-5)22(13-19)30(27,28)24-14-17(3)12-18(4)15-24/h10-11,13,16-18,20H,6-9,12,14-15H2,1-5H3. The van der Waals surface area contributed by atoms with Crippen LogP contribution in [0.1, 0.15) is 70.2 Å². The molecule has 1 saturated heterocycles. The number of sulfonamides is 1. The molecule has 6 nitrogen and oxygen atoms in total. The van der Waals surface area contributed by atoms with Crippen molar-refractivity contribution in [2.24, 2.45) is 11.8 Å². The second-order valence-electron chi connectivity index (χ2n) is 9.38. The molecule has 0 spiro atoms. The first kappa shape index (κ1) is 23.1. The molecule has 3 rings (SSSR count). The highest BCUT2D eigenvalue weighted by Crippen LogP contribution is 2.33.